The fraction of sp³-hybridized carbons (Fsp3) is 0.182. The van der Waals surface area contributed by atoms with E-state index in [2.05, 4.69) is 14.2 Å². The van der Waals surface area contributed by atoms with Crippen LogP contribution in [0.1, 0.15) is 6.92 Å². The number of nitriles is 1. The summed E-state index contributed by atoms with van der Waals surface area (Å²) < 4.78 is 32.2. The zero-order chi connectivity index (χ0) is 16.8. The van der Waals surface area contributed by atoms with Crippen molar-refractivity contribution in [3.8, 4) is 6.07 Å². The van der Waals surface area contributed by atoms with Crippen molar-refractivity contribution in [2.75, 3.05) is 6.61 Å². The van der Waals surface area contributed by atoms with Crippen LogP contribution in [0.4, 0.5) is 5.69 Å². The zero-order valence-electron chi connectivity index (χ0n) is 11.1. The SMILES string of the molecule is CCOC(=O)/C(C#N)=N\OS(=O)(=O)c1ccc([N+](=O)[O-])cc1. The minimum absolute atomic E-state index is 0.0331. The first-order valence-electron chi connectivity index (χ1n) is 5.65. The monoisotopic (exact) mass is 327 g/mol. The van der Waals surface area contributed by atoms with E-state index in [1.165, 1.54) is 13.0 Å². The molecule has 0 spiro atoms. The normalized spacial score (nSPS) is 11.4. The summed E-state index contributed by atoms with van der Waals surface area (Å²) in [4.78, 5) is 20.6. The standard InChI is InChI=1S/C11H9N3O7S/c1-2-20-11(15)10(7-12)13-21-22(18,19)9-5-3-8(4-6-9)14(16)17/h3-6H,2H2,1H3/b13-10-. The summed E-state index contributed by atoms with van der Waals surface area (Å²) in [7, 11) is -4.43. The van der Waals surface area contributed by atoms with Crippen LogP contribution in [0.5, 0.6) is 0 Å². The van der Waals surface area contributed by atoms with Crippen LogP contribution in [0.3, 0.4) is 0 Å². The highest BCUT2D eigenvalue weighted by atomic mass is 32.2. The fourth-order valence-electron chi connectivity index (χ4n) is 1.17. The third-order valence-electron chi connectivity index (χ3n) is 2.14. The van der Waals surface area contributed by atoms with Crippen molar-refractivity contribution in [1.29, 1.82) is 5.26 Å². The van der Waals surface area contributed by atoms with Gasteiger partial charge in [-0.25, -0.2) is 4.79 Å². The van der Waals surface area contributed by atoms with Gasteiger partial charge in [0.15, 0.2) is 0 Å². The molecule has 0 fully saturated rings. The molecule has 11 heteroatoms. The Bertz CT molecular complexity index is 747. The van der Waals surface area contributed by atoms with Gasteiger partial charge in [-0.05, 0) is 24.2 Å². The largest absolute Gasteiger partial charge is 0.461 e. The summed E-state index contributed by atoms with van der Waals surface area (Å²) in [5, 5.41) is 22.0. The predicted octanol–water partition coefficient (Wildman–Crippen LogP) is 0.743. The number of hydrogen-bond acceptors (Lipinski definition) is 9. The number of nitro benzene ring substituents is 1. The number of benzene rings is 1. The minimum atomic E-state index is -4.43. The van der Waals surface area contributed by atoms with E-state index in [9.17, 15) is 23.3 Å². The van der Waals surface area contributed by atoms with E-state index < -0.39 is 31.6 Å². The Morgan fingerprint density at radius 2 is 2.00 bits per heavy atom. The molecule has 0 saturated carbocycles. The lowest BCUT2D eigenvalue weighted by molar-refractivity contribution is -0.384. The van der Waals surface area contributed by atoms with Gasteiger partial charge in [-0.2, -0.15) is 13.7 Å². The van der Waals surface area contributed by atoms with Crippen LogP contribution in [0.2, 0.25) is 0 Å². The van der Waals surface area contributed by atoms with Gasteiger partial charge in [-0.15, -0.1) is 0 Å². The maximum absolute atomic E-state index is 11.8. The van der Waals surface area contributed by atoms with Crippen molar-refractivity contribution in [2.24, 2.45) is 5.16 Å². The number of oxime groups is 1. The summed E-state index contributed by atoms with van der Waals surface area (Å²) in [5.41, 5.74) is -1.20. The highest BCUT2D eigenvalue weighted by Gasteiger charge is 2.20. The number of carbonyl (C=O) groups is 1. The molecule has 116 valence electrons. The van der Waals surface area contributed by atoms with E-state index in [1.54, 1.807) is 0 Å². The molecule has 0 heterocycles. The van der Waals surface area contributed by atoms with Crippen LogP contribution >= 0.6 is 0 Å². The molecule has 0 aliphatic rings. The van der Waals surface area contributed by atoms with Crippen LogP contribution in [0, 0.1) is 21.4 Å². The lowest BCUT2D eigenvalue weighted by Crippen LogP contribution is -2.17. The van der Waals surface area contributed by atoms with Gasteiger partial charge in [-0.3, -0.25) is 14.4 Å². The number of carbonyl (C=O) groups excluding carboxylic acids is 1. The van der Waals surface area contributed by atoms with Gasteiger partial charge in [0.25, 0.3) is 11.4 Å². The van der Waals surface area contributed by atoms with Crippen LogP contribution in [-0.2, 0) is 23.9 Å². The molecular weight excluding hydrogens is 318 g/mol. The van der Waals surface area contributed by atoms with Crippen molar-refractivity contribution < 1.29 is 27.2 Å². The van der Waals surface area contributed by atoms with Crippen LogP contribution in [0.15, 0.2) is 34.3 Å². The molecule has 10 nitrogen and oxygen atoms in total. The van der Waals surface area contributed by atoms with Crippen LogP contribution in [0.25, 0.3) is 0 Å². The molecule has 0 saturated heterocycles. The van der Waals surface area contributed by atoms with Gasteiger partial charge in [-0.1, -0.05) is 0 Å². The van der Waals surface area contributed by atoms with E-state index in [1.807, 2.05) is 0 Å². The Balaban J connectivity index is 2.98. The van der Waals surface area contributed by atoms with E-state index in [4.69, 9.17) is 5.26 Å². The maximum Gasteiger partial charge on any atom is 0.371 e. The molecule has 0 aromatic heterocycles. The highest BCUT2D eigenvalue weighted by molar-refractivity contribution is 7.86. The minimum Gasteiger partial charge on any atom is -0.461 e. The summed E-state index contributed by atoms with van der Waals surface area (Å²) >= 11 is 0. The topological polar surface area (TPSA) is 149 Å². The second kappa shape index (κ2) is 7.14. The van der Waals surface area contributed by atoms with Crippen molar-refractivity contribution >= 4 is 27.5 Å². The molecule has 22 heavy (non-hydrogen) atoms. The summed E-state index contributed by atoms with van der Waals surface area (Å²) in [5.74, 6) is -1.14. The Kier molecular flexibility index (Phi) is 5.53. The Morgan fingerprint density at radius 1 is 1.41 bits per heavy atom. The van der Waals surface area contributed by atoms with E-state index >= 15 is 0 Å². The molecule has 0 bridgehead atoms. The second-order valence-corrected chi connectivity index (χ2v) is 5.08. The average Bonchev–Trinajstić information content (AvgIpc) is 2.48. The molecule has 0 aliphatic carbocycles. The van der Waals surface area contributed by atoms with Gasteiger partial charge in [0.2, 0.25) is 0 Å². The Labute approximate surface area is 124 Å². The smallest absolute Gasteiger partial charge is 0.371 e. The number of rotatable bonds is 6. The number of esters is 1. The quantitative estimate of drug-likeness (QED) is 0.321. The number of nitrogens with zero attached hydrogens (tertiary/aromatic N) is 3. The maximum atomic E-state index is 11.8. The van der Waals surface area contributed by atoms with Crippen molar-refractivity contribution in [1.82, 2.24) is 0 Å². The first kappa shape index (κ1) is 17.1. The Hall–Kier alpha value is -3.00. The third-order valence-corrected chi connectivity index (χ3v) is 3.26. The number of nitro groups is 1. The van der Waals surface area contributed by atoms with Gasteiger partial charge >= 0.3 is 16.1 Å². The lowest BCUT2D eigenvalue weighted by Gasteiger charge is -2.02. The Morgan fingerprint density at radius 3 is 2.45 bits per heavy atom. The van der Waals surface area contributed by atoms with Gasteiger partial charge in [0, 0.05) is 12.1 Å². The van der Waals surface area contributed by atoms with E-state index in [0.717, 1.165) is 24.3 Å². The molecule has 0 unspecified atom stereocenters. The second-order valence-electron chi connectivity index (χ2n) is 3.55. The molecule has 0 N–H and O–H groups in total. The van der Waals surface area contributed by atoms with Crippen molar-refractivity contribution in [3.63, 3.8) is 0 Å². The van der Waals surface area contributed by atoms with Crippen LogP contribution < -0.4 is 0 Å². The first-order chi connectivity index (χ1) is 10.3. The molecule has 0 radical (unpaired) electrons. The summed E-state index contributed by atoms with van der Waals surface area (Å²) in [6.07, 6.45) is 0. The first-order valence-corrected chi connectivity index (χ1v) is 7.06. The van der Waals surface area contributed by atoms with Gasteiger partial charge in [0.1, 0.15) is 11.0 Å². The van der Waals surface area contributed by atoms with Gasteiger partial charge < -0.3 is 4.74 Å². The third kappa shape index (κ3) is 4.25. The highest BCUT2D eigenvalue weighted by Crippen LogP contribution is 2.17. The van der Waals surface area contributed by atoms with E-state index in [-0.39, 0.29) is 12.3 Å². The molecule has 1 rings (SSSR count). The number of hydrogen-bond donors (Lipinski definition) is 0. The van der Waals surface area contributed by atoms with E-state index in [0.29, 0.717) is 0 Å². The van der Waals surface area contributed by atoms with Crippen molar-refractivity contribution in [3.05, 3.63) is 34.4 Å². The van der Waals surface area contributed by atoms with Crippen molar-refractivity contribution in [2.45, 2.75) is 11.8 Å². The fourth-order valence-corrected chi connectivity index (χ4v) is 1.89. The average molecular weight is 327 g/mol. The van der Waals surface area contributed by atoms with Gasteiger partial charge in [0.05, 0.1) is 11.5 Å². The lowest BCUT2D eigenvalue weighted by atomic mass is 10.3. The summed E-state index contributed by atoms with van der Waals surface area (Å²) in [6.45, 7) is 1.45. The number of ether oxygens (including phenoxy) is 1. The zero-order valence-corrected chi connectivity index (χ0v) is 11.9. The predicted molar refractivity (Wildman–Crippen MR) is 71.0 cm³/mol. The summed E-state index contributed by atoms with van der Waals surface area (Å²) in [6, 6.07) is 5.10. The molecule has 1 aromatic carbocycles. The number of non-ortho nitro benzene ring substituents is 1. The molecular formula is C11H9N3O7S. The van der Waals surface area contributed by atoms with Crippen LogP contribution in [-0.4, -0.2) is 31.6 Å². The molecule has 0 aliphatic heterocycles. The molecule has 1 aromatic rings. The molecule has 0 amide bonds. The molecule has 0 atom stereocenters.